The lowest BCUT2D eigenvalue weighted by Gasteiger charge is -2.20. The summed E-state index contributed by atoms with van der Waals surface area (Å²) in [4.78, 5) is 34.7. The van der Waals surface area contributed by atoms with Gasteiger partial charge in [0.1, 0.15) is 11.8 Å². The standard InChI is InChI=1S/C15H22N4O4/c1-18-15(23)12(8-9-2-4-10(20)5-3-9)19-14(22)11(16)6-7-13(17)21/h2-5,11-12,20H,6-8,16H2,1H3,(H2,17,21)(H,18,23)(H,19,22)/t11-,12-/m0/s1. The number of benzene rings is 1. The van der Waals surface area contributed by atoms with Crippen molar-refractivity contribution in [2.24, 2.45) is 11.5 Å². The molecule has 0 saturated heterocycles. The van der Waals surface area contributed by atoms with Gasteiger partial charge in [-0.05, 0) is 24.1 Å². The molecule has 0 aliphatic carbocycles. The van der Waals surface area contributed by atoms with Crippen LogP contribution in [0.4, 0.5) is 0 Å². The maximum Gasteiger partial charge on any atom is 0.242 e. The molecule has 1 aromatic rings. The summed E-state index contributed by atoms with van der Waals surface area (Å²) in [5.74, 6) is -1.32. The van der Waals surface area contributed by atoms with Crippen molar-refractivity contribution in [1.29, 1.82) is 0 Å². The van der Waals surface area contributed by atoms with E-state index in [-0.39, 0.29) is 30.9 Å². The Balaban J connectivity index is 2.70. The van der Waals surface area contributed by atoms with E-state index in [2.05, 4.69) is 10.6 Å². The number of primary amides is 1. The fourth-order valence-electron chi connectivity index (χ4n) is 1.96. The average Bonchev–Trinajstić information content (AvgIpc) is 2.52. The smallest absolute Gasteiger partial charge is 0.242 e. The van der Waals surface area contributed by atoms with Gasteiger partial charge in [-0.15, -0.1) is 0 Å². The molecule has 2 atom stereocenters. The number of hydrogen-bond donors (Lipinski definition) is 5. The number of nitrogens with two attached hydrogens (primary N) is 2. The van der Waals surface area contributed by atoms with Gasteiger partial charge >= 0.3 is 0 Å². The molecule has 8 heteroatoms. The largest absolute Gasteiger partial charge is 0.508 e. The van der Waals surface area contributed by atoms with E-state index >= 15 is 0 Å². The van der Waals surface area contributed by atoms with Crippen LogP contribution in [0.15, 0.2) is 24.3 Å². The van der Waals surface area contributed by atoms with Crippen LogP contribution in [0.5, 0.6) is 5.75 Å². The molecule has 3 amide bonds. The Morgan fingerprint density at radius 2 is 1.78 bits per heavy atom. The summed E-state index contributed by atoms with van der Waals surface area (Å²) in [7, 11) is 1.46. The first-order chi connectivity index (χ1) is 10.8. The molecule has 7 N–H and O–H groups in total. The second kappa shape index (κ2) is 8.74. The van der Waals surface area contributed by atoms with Crippen molar-refractivity contribution in [1.82, 2.24) is 10.6 Å². The van der Waals surface area contributed by atoms with Crippen LogP contribution in [0, 0.1) is 0 Å². The van der Waals surface area contributed by atoms with E-state index in [1.54, 1.807) is 12.1 Å². The number of carbonyl (C=O) groups excluding carboxylic acids is 3. The van der Waals surface area contributed by atoms with Gasteiger partial charge in [-0.25, -0.2) is 0 Å². The highest BCUT2D eigenvalue weighted by molar-refractivity contribution is 5.90. The second-order valence-electron chi connectivity index (χ2n) is 5.16. The minimum atomic E-state index is -0.922. The summed E-state index contributed by atoms with van der Waals surface area (Å²) >= 11 is 0. The number of nitrogens with one attached hydrogen (secondary N) is 2. The zero-order chi connectivity index (χ0) is 17.4. The zero-order valence-corrected chi connectivity index (χ0v) is 12.9. The van der Waals surface area contributed by atoms with Crippen LogP contribution in [0.3, 0.4) is 0 Å². The Kier molecular flexibility index (Phi) is 7.01. The maximum atomic E-state index is 12.0. The molecule has 0 bridgehead atoms. The molecule has 0 heterocycles. The van der Waals surface area contributed by atoms with Gasteiger partial charge < -0.3 is 27.2 Å². The topological polar surface area (TPSA) is 148 Å². The van der Waals surface area contributed by atoms with Crippen molar-refractivity contribution in [2.45, 2.75) is 31.3 Å². The number of phenols is 1. The summed E-state index contributed by atoms with van der Waals surface area (Å²) in [6.07, 6.45) is 0.353. The first kappa shape index (κ1) is 18.4. The zero-order valence-electron chi connectivity index (χ0n) is 12.9. The van der Waals surface area contributed by atoms with E-state index in [0.717, 1.165) is 5.56 Å². The number of amides is 3. The number of likely N-dealkylation sites (N-methyl/N-ethyl adjacent to an activating group) is 1. The molecule has 0 radical (unpaired) electrons. The molecular formula is C15H22N4O4. The summed E-state index contributed by atoms with van der Waals surface area (Å²) in [5.41, 5.74) is 11.5. The number of phenolic OH excluding ortho intramolecular Hbond substituents is 1. The number of rotatable bonds is 8. The Labute approximate surface area is 134 Å². The lowest BCUT2D eigenvalue weighted by molar-refractivity contribution is -0.129. The van der Waals surface area contributed by atoms with E-state index in [9.17, 15) is 19.5 Å². The monoisotopic (exact) mass is 322 g/mol. The fraction of sp³-hybridized carbons (Fsp3) is 0.400. The number of hydrogen-bond acceptors (Lipinski definition) is 5. The van der Waals surface area contributed by atoms with E-state index in [0.29, 0.717) is 0 Å². The van der Waals surface area contributed by atoms with Crippen LogP contribution in [0.2, 0.25) is 0 Å². The predicted octanol–water partition coefficient (Wildman–Crippen LogP) is -1.24. The lowest BCUT2D eigenvalue weighted by atomic mass is 10.0. The Morgan fingerprint density at radius 1 is 1.17 bits per heavy atom. The van der Waals surface area contributed by atoms with Crippen LogP contribution < -0.4 is 22.1 Å². The second-order valence-corrected chi connectivity index (χ2v) is 5.16. The Bertz CT molecular complexity index is 559. The van der Waals surface area contributed by atoms with Crippen molar-refractivity contribution in [3.8, 4) is 5.75 Å². The molecular weight excluding hydrogens is 300 g/mol. The van der Waals surface area contributed by atoms with Crippen molar-refractivity contribution in [3.05, 3.63) is 29.8 Å². The van der Waals surface area contributed by atoms with Crippen molar-refractivity contribution < 1.29 is 19.5 Å². The van der Waals surface area contributed by atoms with Gasteiger partial charge in [0, 0.05) is 19.9 Å². The summed E-state index contributed by atoms with van der Waals surface area (Å²) in [6.45, 7) is 0. The summed E-state index contributed by atoms with van der Waals surface area (Å²) < 4.78 is 0. The highest BCUT2D eigenvalue weighted by atomic mass is 16.3. The minimum absolute atomic E-state index is 0.00279. The predicted molar refractivity (Wildman–Crippen MR) is 84.2 cm³/mol. The van der Waals surface area contributed by atoms with Gasteiger partial charge in [-0.1, -0.05) is 12.1 Å². The summed E-state index contributed by atoms with van der Waals surface area (Å²) in [6, 6.07) is 4.58. The molecule has 8 nitrogen and oxygen atoms in total. The first-order valence-corrected chi connectivity index (χ1v) is 7.17. The Morgan fingerprint density at radius 3 is 2.30 bits per heavy atom. The normalized spacial score (nSPS) is 13.0. The quantitative estimate of drug-likeness (QED) is 0.406. The van der Waals surface area contributed by atoms with Gasteiger partial charge in [0.2, 0.25) is 17.7 Å². The van der Waals surface area contributed by atoms with E-state index in [1.165, 1.54) is 19.2 Å². The molecule has 23 heavy (non-hydrogen) atoms. The number of carbonyl (C=O) groups is 3. The van der Waals surface area contributed by atoms with Crippen LogP contribution in [-0.4, -0.2) is 42.0 Å². The third-order valence-electron chi connectivity index (χ3n) is 3.29. The van der Waals surface area contributed by atoms with Crippen LogP contribution in [0.25, 0.3) is 0 Å². The number of aromatic hydroxyl groups is 1. The van der Waals surface area contributed by atoms with Crippen molar-refractivity contribution >= 4 is 17.7 Å². The van der Waals surface area contributed by atoms with Gasteiger partial charge in [-0.2, -0.15) is 0 Å². The summed E-state index contributed by atoms with van der Waals surface area (Å²) in [5, 5.41) is 14.3. The van der Waals surface area contributed by atoms with Gasteiger partial charge in [0.25, 0.3) is 0 Å². The molecule has 0 fully saturated rings. The molecule has 1 aromatic carbocycles. The molecule has 0 spiro atoms. The van der Waals surface area contributed by atoms with Crippen LogP contribution in [0.1, 0.15) is 18.4 Å². The fourth-order valence-corrected chi connectivity index (χ4v) is 1.96. The highest BCUT2D eigenvalue weighted by Gasteiger charge is 2.23. The molecule has 0 saturated carbocycles. The van der Waals surface area contributed by atoms with Gasteiger partial charge in [0.05, 0.1) is 6.04 Å². The third kappa shape index (κ3) is 6.35. The van der Waals surface area contributed by atoms with Crippen molar-refractivity contribution in [2.75, 3.05) is 7.05 Å². The highest BCUT2D eigenvalue weighted by Crippen LogP contribution is 2.11. The first-order valence-electron chi connectivity index (χ1n) is 7.17. The van der Waals surface area contributed by atoms with E-state index in [4.69, 9.17) is 11.5 Å². The lowest BCUT2D eigenvalue weighted by Crippen LogP contribution is -2.52. The van der Waals surface area contributed by atoms with E-state index in [1.807, 2.05) is 0 Å². The van der Waals surface area contributed by atoms with Crippen LogP contribution in [-0.2, 0) is 20.8 Å². The minimum Gasteiger partial charge on any atom is -0.508 e. The average molecular weight is 322 g/mol. The Hall–Kier alpha value is -2.61. The molecule has 1 rings (SSSR count). The molecule has 0 aliphatic heterocycles. The molecule has 0 aromatic heterocycles. The van der Waals surface area contributed by atoms with Gasteiger partial charge in [-0.3, -0.25) is 14.4 Å². The van der Waals surface area contributed by atoms with Gasteiger partial charge in [0.15, 0.2) is 0 Å². The third-order valence-corrected chi connectivity index (χ3v) is 3.29. The maximum absolute atomic E-state index is 12.0. The van der Waals surface area contributed by atoms with Crippen LogP contribution >= 0.6 is 0 Å². The molecule has 126 valence electrons. The SMILES string of the molecule is CNC(=O)[C@H](Cc1ccc(O)cc1)NC(=O)[C@@H](N)CCC(N)=O. The van der Waals surface area contributed by atoms with Crippen molar-refractivity contribution in [3.63, 3.8) is 0 Å². The molecule has 0 aliphatic rings. The van der Waals surface area contributed by atoms with E-state index < -0.39 is 23.9 Å². The molecule has 0 unspecified atom stereocenters.